The van der Waals surface area contributed by atoms with Gasteiger partial charge in [-0.3, -0.25) is 0 Å². The third kappa shape index (κ3) is 3.84. The van der Waals surface area contributed by atoms with Gasteiger partial charge in [-0.1, -0.05) is 11.6 Å². The van der Waals surface area contributed by atoms with E-state index in [1.54, 1.807) is 12.4 Å². The average molecular weight is 420 g/mol. The van der Waals surface area contributed by atoms with Crippen LogP contribution < -0.4 is 4.90 Å². The van der Waals surface area contributed by atoms with Crippen LogP contribution in [0.1, 0.15) is 12.8 Å². The number of rotatable bonds is 4. The molecule has 3 aromatic rings. The van der Waals surface area contributed by atoms with Crippen molar-refractivity contribution in [1.82, 2.24) is 19.5 Å². The zero-order chi connectivity index (χ0) is 19.9. The lowest BCUT2D eigenvalue weighted by Crippen LogP contribution is -2.36. The summed E-state index contributed by atoms with van der Waals surface area (Å²) in [5.74, 6) is 2.04. The number of aromatic nitrogens is 4. The summed E-state index contributed by atoms with van der Waals surface area (Å²) in [6.07, 6.45) is 6.37. The minimum Gasteiger partial charge on any atom is -0.357 e. The Bertz CT molecular complexity index is 1120. The van der Waals surface area contributed by atoms with Crippen molar-refractivity contribution < 1.29 is 8.42 Å². The molecule has 1 fully saturated rings. The second-order valence-electron chi connectivity index (χ2n) is 7.39. The number of anilines is 1. The van der Waals surface area contributed by atoms with Crippen molar-refractivity contribution in [2.75, 3.05) is 30.0 Å². The predicted octanol–water partition coefficient (Wildman–Crippen LogP) is 2.94. The lowest BCUT2D eigenvalue weighted by atomic mass is 9.99. The number of pyridine rings is 2. The van der Waals surface area contributed by atoms with Crippen molar-refractivity contribution in [2.24, 2.45) is 13.0 Å². The van der Waals surface area contributed by atoms with E-state index >= 15 is 0 Å². The number of hydrogen-bond donors (Lipinski definition) is 0. The van der Waals surface area contributed by atoms with E-state index in [0.29, 0.717) is 5.02 Å². The Morgan fingerprint density at radius 3 is 2.68 bits per heavy atom. The standard InChI is InChI=1S/C19H22ClN5O2S/c1-24-18(23-16-4-3-7-21-19(16)24)14-10-17(22-11-15(14)20)25-8-5-13(6-9-25)12-28(2,26)27/h3-4,7,10-11,13H,5-6,8-9,12H2,1-2H3. The lowest BCUT2D eigenvalue weighted by Gasteiger charge is -2.32. The van der Waals surface area contributed by atoms with E-state index in [0.717, 1.165) is 54.3 Å². The molecule has 0 spiro atoms. The normalized spacial score (nSPS) is 16.0. The third-order valence-electron chi connectivity index (χ3n) is 5.19. The summed E-state index contributed by atoms with van der Waals surface area (Å²) in [6.45, 7) is 1.55. The highest BCUT2D eigenvalue weighted by Crippen LogP contribution is 2.32. The molecule has 0 saturated carbocycles. The van der Waals surface area contributed by atoms with Gasteiger partial charge in [0.2, 0.25) is 0 Å². The van der Waals surface area contributed by atoms with Crippen molar-refractivity contribution >= 4 is 38.4 Å². The molecule has 1 aliphatic rings. The maximum absolute atomic E-state index is 11.5. The van der Waals surface area contributed by atoms with Crippen LogP contribution in [0.25, 0.3) is 22.6 Å². The van der Waals surface area contributed by atoms with Crippen molar-refractivity contribution in [1.29, 1.82) is 0 Å². The molecular formula is C19H22ClN5O2S. The molecule has 0 radical (unpaired) electrons. The van der Waals surface area contributed by atoms with E-state index < -0.39 is 9.84 Å². The van der Waals surface area contributed by atoms with Gasteiger partial charge in [-0.05, 0) is 37.0 Å². The van der Waals surface area contributed by atoms with Crippen LogP contribution in [0.3, 0.4) is 0 Å². The van der Waals surface area contributed by atoms with Crippen molar-refractivity contribution in [3.8, 4) is 11.4 Å². The van der Waals surface area contributed by atoms with E-state index in [9.17, 15) is 8.42 Å². The first-order valence-electron chi connectivity index (χ1n) is 9.18. The van der Waals surface area contributed by atoms with Crippen molar-refractivity contribution in [3.63, 3.8) is 0 Å². The Hall–Kier alpha value is -2.19. The average Bonchev–Trinajstić information content (AvgIpc) is 2.99. The highest BCUT2D eigenvalue weighted by Gasteiger charge is 2.24. The molecule has 0 aliphatic carbocycles. The molecule has 9 heteroatoms. The Morgan fingerprint density at radius 2 is 2.00 bits per heavy atom. The van der Waals surface area contributed by atoms with Crippen LogP contribution in [0, 0.1) is 5.92 Å². The van der Waals surface area contributed by atoms with Gasteiger partial charge in [0.05, 0.1) is 10.8 Å². The van der Waals surface area contributed by atoms with Gasteiger partial charge in [0.1, 0.15) is 27.0 Å². The second kappa shape index (κ2) is 7.33. The smallest absolute Gasteiger partial charge is 0.159 e. The highest BCUT2D eigenvalue weighted by atomic mass is 35.5. The summed E-state index contributed by atoms with van der Waals surface area (Å²) in [6, 6.07) is 5.74. The number of hydrogen-bond acceptors (Lipinski definition) is 6. The Kier molecular flexibility index (Phi) is 5.01. The summed E-state index contributed by atoms with van der Waals surface area (Å²) < 4.78 is 25.0. The molecule has 4 rings (SSSR count). The predicted molar refractivity (Wildman–Crippen MR) is 111 cm³/mol. The fourth-order valence-corrected chi connectivity index (χ4v) is 5.17. The van der Waals surface area contributed by atoms with Gasteiger partial charge in [-0.25, -0.2) is 23.4 Å². The van der Waals surface area contributed by atoms with Gasteiger partial charge in [0.15, 0.2) is 5.65 Å². The minimum atomic E-state index is -2.94. The van der Waals surface area contributed by atoms with Crippen LogP contribution in [0.5, 0.6) is 0 Å². The van der Waals surface area contributed by atoms with Gasteiger partial charge >= 0.3 is 0 Å². The summed E-state index contributed by atoms with van der Waals surface area (Å²) in [5, 5.41) is 0.536. The maximum atomic E-state index is 11.5. The fourth-order valence-electron chi connectivity index (χ4n) is 3.79. The molecule has 3 aromatic heterocycles. The van der Waals surface area contributed by atoms with Crippen LogP contribution in [0.15, 0.2) is 30.6 Å². The monoisotopic (exact) mass is 419 g/mol. The molecule has 0 atom stereocenters. The number of nitrogens with zero attached hydrogens (tertiary/aromatic N) is 5. The molecule has 148 valence electrons. The number of aryl methyl sites for hydroxylation is 1. The molecule has 0 aromatic carbocycles. The zero-order valence-electron chi connectivity index (χ0n) is 15.8. The quantitative estimate of drug-likeness (QED) is 0.646. The molecule has 4 heterocycles. The highest BCUT2D eigenvalue weighted by molar-refractivity contribution is 7.90. The number of piperidine rings is 1. The summed E-state index contributed by atoms with van der Waals surface area (Å²) in [5.41, 5.74) is 2.43. The molecule has 0 bridgehead atoms. The molecular weight excluding hydrogens is 398 g/mol. The van der Waals surface area contributed by atoms with Crippen molar-refractivity contribution in [2.45, 2.75) is 12.8 Å². The number of sulfone groups is 1. The molecule has 0 amide bonds. The first-order chi connectivity index (χ1) is 13.3. The van der Waals surface area contributed by atoms with Crippen molar-refractivity contribution in [3.05, 3.63) is 35.6 Å². The zero-order valence-corrected chi connectivity index (χ0v) is 17.4. The number of fused-ring (bicyclic) bond motifs is 1. The van der Waals surface area contributed by atoms with Crippen LogP contribution in [0.4, 0.5) is 5.82 Å². The fraction of sp³-hybridized carbons (Fsp3) is 0.421. The second-order valence-corrected chi connectivity index (χ2v) is 9.98. The minimum absolute atomic E-state index is 0.212. The van der Waals surface area contributed by atoms with E-state index in [1.807, 2.05) is 29.8 Å². The van der Waals surface area contributed by atoms with Crippen LogP contribution in [0.2, 0.25) is 5.02 Å². The summed E-state index contributed by atoms with van der Waals surface area (Å²) in [4.78, 5) is 15.7. The Morgan fingerprint density at radius 1 is 1.25 bits per heavy atom. The molecule has 28 heavy (non-hydrogen) atoms. The SMILES string of the molecule is Cn1c(-c2cc(N3CCC(CS(C)(=O)=O)CC3)ncc2Cl)nc2cccnc21. The van der Waals surface area contributed by atoms with Gasteiger partial charge in [-0.15, -0.1) is 0 Å². The first kappa shape index (κ1) is 19.1. The first-order valence-corrected chi connectivity index (χ1v) is 11.6. The van der Waals surface area contributed by atoms with E-state index in [-0.39, 0.29) is 11.7 Å². The van der Waals surface area contributed by atoms with Gasteiger partial charge in [-0.2, -0.15) is 0 Å². The van der Waals surface area contributed by atoms with Crippen LogP contribution >= 0.6 is 11.6 Å². The maximum Gasteiger partial charge on any atom is 0.159 e. The van der Waals surface area contributed by atoms with E-state index in [1.165, 1.54) is 6.26 Å². The van der Waals surface area contributed by atoms with Crippen LogP contribution in [-0.4, -0.2) is 53.0 Å². The lowest BCUT2D eigenvalue weighted by molar-refractivity contribution is 0.435. The van der Waals surface area contributed by atoms with Gasteiger partial charge in [0.25, 0.3) is 0 Å². The molecule has 1 aliphatic heterocycles. The Balaban J connectivity index is 1.60. The number of imidazole rings is 1. The summed E-state index contributed by atoms with van der Waals surface area (Å²) in [7, 11) is -1.02. The number of halogens is 1. The Labute approximate surface area is 169 Å². The van der Waals surface area contributed by atoms with E-state index in [2.05, 4.69) is 19.9 Å². The van der Waals surface area contributed by atoms with E-state index in [4.69, 9.17) is 11.6 Å². The van der Waals surface area contributed by atoms with Gasteiger partial charge in [0, 0.05) is 44.4 Å². The third-order valence-corrected chi connectivity index (χ3v) is 6.56. The molecule has 0 unspecified atom stereocenters. The summed E-state index contributed by atoms with van der Waals surface area (Å²) >= 11 is 6.44. The van der Waals surface area contributed by atoms with Crippen LogP contribution in [-0.2, 0) is 16.9 Å². The molecule has 0 N–H and O–H groups in total. The van der Waals surface area contributed by atoms with Gasteiger partial charge < -0.3 is 9.47 Å². The largest absolute Gasteiger partial charge is 0.357 e. The molecule has 7 nitrogen and oxygen atoms in total. The topological polar surface area (TPSA) is 81.0 Å². The molecule has 1 saturated heterocycles.